The van der Waals surface area contributed by atoms with Gasteiger partial charge in [-0.2, -0.15) is 0 Å². The van der Waals surface area contributed by atoms with Crippen LogP contribution in [0.15, 0.2) is 18.5 Å². The summed E-state index contributed by atoms with van der Waals surface area (Å²) < 4.78 is 0. The molecule has 2 heterocycles. The number of piperazine rings is 1. The summed E-state index contributed by atoms with van der Waals surface area (Å²) in [4.78, 5) is 24.2. The topological polar surface area (TPSA) is 61.4 Å². The summed E-state index contributed by atoms with van der Waals surface area (Å²) in [7, 11) is 0. The number of carbonyl (C=O) groups excluding carboxylic acids is 1. The van der Waals surface area contributed by atoms with Gasteiger partial charge in [-0.25, -0.2) is 9.97 Å². The molecule has 6 nitrogen and oxygen atoms in total. The van der Waals surface area contributed by atoms with E-state index < -0.39 is 0 Å². The van der Waals surface area contributed by atoms with E-state index in [2.05, 4.69) is 31.0 Å². The number of nitrogens with one attached hydrogen (secondary N) is 1. The van der Waals surface area contributed by atoms with Crippen molar-refractivity contribution in [3.63, 3.8) is 0 Å². The molecule has 0 bridgehead atoms. The second kappa shape index (κ2) is 6.71. The molecule has 1 aromatic heterocycles. The molecular formula is C13H17N5O. The van der Waals surface area contributed by atoms with Gasteiger partial charge in [-0.3, -0.25) is 9.69 Å². The van der Waals surface area contributed by atoms with Gasteiger partial charge in [-0.1, -0.05) is 5.92 Å². The molecule has 0 atom stereocenters. The SMILES string of the molecule is C#CCNC(=O)CN1CCN(c2ncccn2)CC1. The minimum absolute atomic E-state index is 0.0256. The van der Waals surface area contributed by atoms with Gasteiger partial charge in [-0.05, 0) is 6.07 Å². The molecule has 1 saturated heterocycles. The lowest BCUT2D eigenvalue weighted by Gasteiger charge is -2.34. The smallest absolute Gasteiger partial charge is 0.234 e. The minimum Gasteiger partial charge on any atom is -0.344 e. The molecule has 100 valence electrons. The van der Waals surface area contributed by atoms with Crippen LogP contribution < -0.4 is 10.2 Å². The lowest BCUT2D eigenvalue weighted by atomic mass is 10.3. The van der Waals surface area contributed by atoms with Crippen molar-refractivity contribution in [3.05, 3.63) is 18.5 Å². The zero-order valence-electron chi connectivity index (χ0n) is 10.7. The van der Waals surface area contributed by atoms with Gasteiger partial charge < -0.3 is 10.2 Å². The Morgan fingerprint density at radius 1 is 1.32 bits per heavy atom. The van der Waals surface area contributed by atoms with Gasteiger partial charge in [0.25, 0.3) is 0 Å². The molecule has 0 aromatic carbocycles. The second-order valence-corrected chi connectivity index (χ2v) is 4.29. The Bertz CT molecular complexity index is 448. The Morgan fingerprint density at radius 2 is 2.00 bits per heavy atom. The van der Waals surface area contributed by atoms with Crippen LogP contribution in [0.3, 0.4) is 0 Å². The van der Waals surface area contributed by atoms with Gasteiger partial charge >= 0.3 is 0 Å². The van der Waals surface area contributed by atoms with Crippen molar-refractivity contribution in [1.29, 1.82) is 0 Å². The summed E-state index contributed by atoms with van der Waals surface area (Å²) in [6.45, 7) is 3.98. The van der Waals surface area contributed by atoms with Crippen LogP contribution >= 0.6 is 0 Å². The third kappa shape index (κ3) is 3.93. The van der Waals surface area contributed by atoms with Crippen LogP contribution in [0.25, 0.3) is 0 Å². The number of amides is 1. The van der Waals surface area contributed by atoms with Gasteiger partial charge in [0.05, 0.1) is 13.1 Å². The fourth-order valence-electron chi connectivity index (χ4n) is 1.97. The molecule has 19 heavy (non-hydrogen) atoms. The number of terminal acetylenes is 1. The quantitative estimate of drug-likeness (QED) is 0.728. The molecule has 1 aliphatic rings. The predicted octanol–water partition coefficient (Wildman–Crippen LogP) is -0.652. The van der Waals surface area contributed by atoms with Crippen LogP contribution in [0.2, 0.25) is 0 Å². The summed E-state index contributed by atoms with van der Waals surface area (Å²) in [5.41, 5.74) is 0. The Morgan fingerprint density at radius 3 is 2.63 bits per heavy atom. The first-order chi connectivity index (χ1) is 9.29. The molecule has 0 radical (unpaired) electrons. The summed E-state index contributed by atoms with van der Waals surface area (Å²) >= 11 is 0. The van der Waals surface area contributed by atoms with E-state index in [1.165, 1.54) is 0 Å². The van der Waals surface area contributed by atoms with Crippen molar-refractivity contribution < 1.29 is 4.79 Å². The molecule has 1 N–H and O–H groups in total. The Labute approximate surface area is 112 Å². The van der Waals surface area contributed by atoms with Crippen molar-refractivity contribution in [2.45, 2.75) is 0 Å². The van der Waals surface area contributed by atoms with E-state index in [0.717, 1.165) is 32.1 Å². The van der Waals surface area contributed by atoms with Gasteiger partial charge in [0.1, 0.15) is 0 Å². The third-order valence-corrected chi connectivity index (χ3v) is 2.96. The summed E-state index contributed by atoms with van der Waals surface area (Å²) in [6, 6.07) is 1.80. The average Bonchev–Trinajstić information content (AvgIpc) is 2.47. The zero-order chi connectivity index (χ0) is 13.5. The van der Waals surface area contributed by atoms with Crippen LogP contribution in [0.4, 0.5) is 5.95 Å². The first-order valence-corrected chi connectivity index (χ1v) is 6.24. The Kier molecular flexibility index (Phi) is 4.70. The minimum atomic E-state index is -0.0256. The van der Waals surface area contributed by atoms with Crippen molar-refractivity contribution in [3.8, 4) is 12.3 Å². The molecule has 0 unspecified atom stereocenters. The molecule has 0 saturated carbocycles. The van der Waals surface area contributed by atoms with Crippen LogP contribution in [0.1, 0.15) is 0 Å². The maximum absolute atomic E-state index is 11.5. The number of carbonyl (C=O) groups is 1. The van der Waals surface area contributed by atoms with Gasteiger partial charge in [0.2, 0.25) is 11.9 Å². The standard InChI is InChI=1S/C13H17N5O/c1-2-4-14-12(19)11-17-7-9-18(10-8-17)13-15-5-3-6-16-13/h1,3,5-6H,4,7-11H2,(H,14,19). The van der Waals surface area contributed by atoms with Gasteiger partial charge in [0, 0.05) is 38.6 Å². The highest BCUT2D eigenvalue weighted by Gasteiger charge is 2.20. The molecule has 1 fully saturated rings. The largest absolute Gasteiger partial charge is 0.344 e. The van der Waals surface area contributed by atoms with E-state index in [0.29, 0.717) is 6.54 Å². The van der Waals surface area contributed by atoms with Crippen molar-refractivity contribution in [2.24, 2.45) is 0 Å². The molecule has 2 rings (SSSR count). The monoisotopic (exact) mass is 259 g/mol. The maximum atomic E-state index is 11.5. The van der Waals surface area contributed by atoms with Crippen LogP contribution in [0, 0.1) is 12.3 Å². The van der Waals surface area contributed by atoms with E-state index in [4.69, 9.17) is 6.42 Å². The van der Waals surface area contributed by atoms with Crippen molar-refractivity contribution in [1.82, 2.24) is 20.2 Å². The average molecular weight is 259 g/mol. The number of hydrogen-bond acceptors (Lipinski definition) is 5. The van der Waals surface area contributed by atoms with E-state index in [1.807, 2.05) is 0 Å². The fraction of sp³-hybridized carbons (Fsp3) is 0.462. The number of hydrogen-bond donors (Lipinski definition) is 1. The molecule has 6 heteroatoms. The van der Waals surface area contributed by atoms with E-state index in [1.54, 1.807) is 18.5 Å². The first-order valence-electron chi connectivity index (χ1n) is 6.24. The summed E-state index contributed by atoms with van der Waals surface area (Å²) in [6.07, 6.45) is 8.57. The summed E-state index contributed by atoms with van der Waals surface area (Å²) in [5.74, 6) is 3.11. The molecule has 0 aliphatic carbocycles. The second-order valence-electron chi connectivity index (χ2n) is 4.29. The highest BCUT2D eigenvalue weighted by molar-refractivity contribution is 5.78. The van der Waals surface area contributed by atoms with Gasteiger partial charge in [-0.15, -0.1) is 6.42 Å². The fourth-order valence-corrected chi connectivity index (χ4v) is 1.97. The molecule has 1 amide bonds. The maximum Gasteiger partial charge on any atom is 0.234 e. The number of nitrogens with zero attached hydrogens (tertiary/aromatic N) is 4. The van der Waals surface area contributed by atoms with Crippen LogP contribution in [-0.2, 0) is 4.79 Å². The van der Waals surface area contributed by atoms with Crippen molar-refractivity contribution >= 4 is 11.9 Å². The molecule has 0 spiro atoms. The van der Waals surface area contributed by atoms with E-state index >= 15 is 0 Å². The van der Waals surface area contributed by atoms with Gasteiger partial charge in [0.15, 0.2) is 0 Å². The molecular weight excluding hydrogens is 242 g/mol. The zero-order valence-corrected chi connectivity index (χ0v) is 10.7. The first kappa shape index (κ1) is 13.3. The number of rotatable bonds is 4. The van der Waals surface area contributed by atoms with Crippen molar-refractivity contribution in [2.75, 3.05) is 44.2 Å². The normalized spacial score (nSPS) is 15.8. The lowest BCUT2D eigenvalue weighted by molar-refractivity contribution is -0.122. The number of anilines is 1. The van der Waals surface area contributed by atoms with E-state index in [-0.39, 0.29) is 12.5 Å². The van der Waals surface area contributed by atoms with E-state index in [9.17, 15) is 4.79 Å². The predicted molar refractivity (Wildman–Crippen MR) is 72.5 cm³/mol. The third-order valence-electron chi connectivity index (χ3n) is 2.96. The van der Waals surface area contributed by atoms with Crippen LogP contribution in [-0.4, -0.2) is 60.0 Å². The number of aromatic nitrogens is 2. The highest BCUT2D eigenvalue weighted by atomic mass is 16.2. The highest BCUT2D eigenvalue weighted by Crippen LogP contribution is 2.09. The molecule has 1 aliphatic heterocycles. The Hall–Kier alpha value is -2.13. The molecule has 1 aromatic rings. The van der Waals surface area contributed by atoms with Crippen LogP contribution in [0.5, 0.6) is 0 Å². The Balaban J connectivity index is 1.77. The lowest BCUT2D eigenvalue weighted by Crippen LogP contribution is -2.50. The summed E-state index contributed by atoms with van der Waals surface area (Å²) in [5, 5.41) is 2.67.